The molecule has 4 aliphatic rings. The first-order chi connectivity index (χ1) is 19.0. The molecule has 8 heteroatoms. The third-order valence-electron chi connectivity index (χ3n) is 9.43. The van der Waals surface area contributed by atoms with Crippen molar-refractivity contribution in [1.29, 1.82) is 0 Å². The predicted molar refractivity (Wildman–Crippen MR) is 149 cm³/mol. The summed E-state index contributed by atoms with van der Waals surface area (Å²) in [6.45, 7) is 5.93. The molecule has 1 atom stereocenters. The maximum Gasteiger partial charge on any atom is 0.324 e. The Morgan fingerprint density at radius 1 is 0.923 bits per heavy atom. The van der Waals surface area contributed by atoms with E-state index < -0.39 is 0 Å². The number of hydrogen-bond acceptors (Lipinski definition) is 4. The molecular formula is C31H36N6O2. The Morgan fingerprint density at radius 3 is 2.49 bits per heavy atom. The highest BCUT2D eigenvalue weighted by molar-refractivity contribution is 5.96. The fourth-order valence-electron chi connectivity index (χ4n) is 6.84. The Labute approximate surface area is 229 Å². The van der Waals surface area contributed by atoms with Gasteiger partial charge in [0.15, 0.2) is 0 Å². The Hall–Kier alpha value is -3.68. The van der Waals surface area contributed by atoms with Gasteiger partial charge in [-0.2, -0.15) is 5.10 Å². The number of carbonyl (C=O) groups excluding carboxylic acids is 2. The summed E-state index contributed by atoms with van der Waals surface area (Å²) in [5.74, 6) is 0.443. The number of benzene rings is 1. The second-order valence-electron chi connectivity index (χ2n) is 12.0. The average molecular weight is 525 g/mol. The summed E-state index contributed by atoms with van der Waals surface area (Å²) < 4.78 is 2.15. The normalized spacial score (nSPS) is 22.3. The van der Waals surface area contributed by atoms with E-state index in [1.54, 1.807) is 6.20 Å². The van der Waals surface area contributed by atoms with E-state index in [-0.39, 0.29) is 23.4 Å². The largest absolute Gasteiger partial charge is 0.338 e. The molecule has 0 bridgehead atoms. The molecule has 1 aromatic carbocycles. The topological polar surface area (TPSA) is 74.6 Å². The van der Waals surface area contributed by atoms with Gasteiger partial charge < -0.3 is 9.80 Å². The number of pyridine rings is 1. The Morgan fingerprint density at radius 2 is 1.72 bits per heavy atom. The van der Waals surface area contributed by atoms with Gasteiger partial charge in [-0.3, -0.25) is 19.4 Å². The molecule has 39 heavy (non-hydrogen) atoms. The average Bonchev–Trinajstić information content (AvgIpc) is 3.40. The van der Waals surface area contributed by atoms with E-state index in [0.717, 1.165) is 75.1 Å². The number of piperidine rings is 1. The fraction of sp³-hybridized carbons (Fsp3) is 0.484. The highest BCUT2D eigenvalue weighted by Gasteiger charge is 2.47. The molecule has 202 valence electrons. The number of carbonyl (C=O) groups is 2. The van der Waals surface area contributed by atoms with Gasteiger partial charge in [-0.15, -0.1) is 0 Å². The number of aromatic nitrogens is 3. The predicted octanol–water partition coefficient (Wildman–Crippen LogP) is 4.78. The third kappa shape index (κ3) is 4.30. The van der Waals surface area contributed by atoms with Crippen LogP contribution in [-0.4, -0.2) is 69.2 Å². The van der Waals surface area contributed by atoms with Crippen molar-refractivity contribution in [3.8, 4) is 0 Å². The third-order valence-corrected chi connectivity index (χ3v) is 9.43. The van der Waals surface area contributed by atoms with Crippen LogP contribution in [0.3, 0.4) is 0 Å². The van der Waals surface area contributed by atoms with Crippen molar-refractivity contribution in [1.82, 2.24) is 24.6 Å². The first-order valence-electron chi connectivity index (χ1n) is 14.4. The summed E-state index contributed by atoms with van der Waals surface area (Å²) in [5.41, 5.74) is 5.40. The molecule has 2 saturated heterocycles. The number of urea groups is 1. The molecule has 0 N–H and O–H groups in total. The summed E-state index contributed by atoms with van der Waals surface area (Å²) in [6, 6.07) is 12.6. The first-order valence-corrected chi connectivity index (χ1v) is 14.4. The molecule has 5 heterocycles. The summed E-state index contributed by atoms with van der Waals surface area (Å²) in [4.78, 5) is 37.4. The van der Waals surface area contributed by atoms with E-state index >= 15 is 0 Å². The molecule has 0 radical (unpaired) electrons. The van der Waals surface area contributed by atoms with E-state index in [2.05, 4.69) is 34.8 Å². The summed E-state index contributed by atoms with van der Waals surface area (Å²) in [5, 5.41) is 4.84. The maximum absolute atomic E-state index is 13.8. The minimum Gasteiger partial charge on any atom is -0.338 e. The van der Waals surface area contributed by atoms with Crippen LogP contribution < -0.4 is 4.90 Å². The number of amides is 3. The molecule has 8 nitrogen and oxygen atoms in total. The fourth-order valence-corrected chi connectivity index (χ4v) is 6.84. The molecule has 3 fully saturated rings. The molecule has 1 unspecified atom stereocenters. The van der Waals surface area contributed by atoms with E-state index in [0.29, 0.717) is 19.0 Å². The van der Waals surface area contributed by atoms with Crippen molar-refractivity contribution in [2.24, 2.45) is 0 Å². The van der Waals surface area contributed by atoms with Gasteiger partial charge in [0.25, 0.3) is 5.91 Å². The van der Waals surface area contributed by atoms with Gasteiger partial charge in [0.2, 0.25) is 0 Å². The molecule has 1 aliphatic carbocycles. The van der Waals surface area contributed by atoms with E-state index in [1.165, 1.54) is 11.1 Å². The maximum atomic E-state index is 13.8. The monoisotopic (exact) mass is 524 g/mol. The Bertz CT molecular complexity index is 1390. The lowest BCUT2D eigenvalue weighted by atomic mass is 9.97. The van der Waals surface area contributed by atoms with Gasteiger partial charge >= 0.3 is 6.03 Å². The van der Waals surface area contributed by atoms with Gasteiger partial charge in [0, 0.05) is 62.1 Å². The molecule has 3 aromatic rings. The number of hydrogen-bond donors (Lipinski definition) is 0. The smallest absolute Gasteiger partial charge is 0.324 e. The van der Waals surface area contributed by atoms with Crippen LogP contribution >= 0.6 is 0 Å². The van der Waals surface area contributed by atoms with Crippen molar-refractivity contribution < 1.29 is 9.59 Å². The summed E-state index contributed by atoms with van der Waals surface area (Å²) in [6.07, 6.45) is 11.3. The zero-order valence-corrected chi connectivity index (χ0v) is 22.6. The van der Waals surface area contributed by atoms with Gasteiger partial charge in [0.1, 0.15) is 0 Å². The van der Waals surface area contributed by atoms with E-state index in [9.17, 15) is 9.59 Å². The minimum atomic E-state index is 0.0101. The van der Waals surface area contributed by atoms with Crippen molar-refractivity contribution in [2.45, 2.75) is 62.8 Å². The number of anilines is 1. The van der Waals surface area contributed by atoms with Crippen LogP contribution in [0.5, 0.6) is 0 Å². The lowest BCUT2D eigenvalue weighted by Gasteiger charge is -2.35. The number of nitrogens with zero attached hydrogens (tertiary/aromatic N) is 6. The van der Waals surface area contributed by atoms with Crippen molar-refractivity contribution in [3.63, 3.8) is 0 Å². The van der Waals surface area contributed by atoms with Crippen molar-refractivity contribution >= 4 is 17.6 Å². The lowest BCUT2D eigenvalue weighted by Crippen LogP contribution is -2.46. The summed E-state index contributed by atoms with van der Waals surface area (Å²) >= 11 is 0. The minimum absolute atomic E-state index is 0.0101. The van der Waals surface area contributed by atoms with Crippen molar-refractivity contribution in [2.75, 3.05) is 37.6 Å². The van der Waals surface area contributed by atoms with Gasteiger partial charge in [-0.05, 0) is 61.8 Å². The second kappa shape index (κ2) is 9.50. The zero-order chi connectivity index (χ0) is 26.6. The summed E-state index contributed by atoms with van der Waals surface area (Å²) in [7, 11) is 0. The van der Waals surface area contributed by atoms with Crippen LogP contribution in [0.15, 0.2) is 55.0 Å². The van der Waals surface area contributed by atoms with Crippen molar-refractivity contribution in [3.05, 3.63) is 77.4 Å². The Balaban J connectivity index is 1.06. The van der Waals surface area contributed by atoms with E-state index in [1.807, 2.05) is 45.3 Å². The number of fused-ring (bicyclic) bond motifs is 1. The molecule has 0 spiro atoms. The quantitative estimate of drug-likeness (QED) is 0.492. The number of likely N-dealkylation sites (tertiary alicyclic amines) is 2. The molecule has 7 rings (SSSR count). The van der Waals surface area contributed by atoms with Gasteiger partial charge in [0.05, 0.1) is 23.5 Å². The van der Waals surface area contributed by atoms with Crippen LogP contribution in [-0.2, 0) is 11.8 Å². The van der Waals surface area contributed by atoms with Crippen LogP contribution in [0.2, 0.25) is 0 Å². The highest BCUT2D eigenvalue weighted by atomic mass is 16.2. The molecule has 3 amide bonds. The Kier molecular flexibility index (Phi) is 5.94. The molecule has 2 aromatic heterocycles. The van der Waals surface area contributed by atoms with Crippen LogP contribution in [0, 0.1) is 0 Å². The first kappa shape index (κ1) is 24.4. The van der Waals surface area contributed by atoms with Gasteiger partial charge in [-0.1, -0.05) is 31.2 Å². The number of para-hydroxylation sites is 1. The van der Waals surface area contributed by atoms with Gasteiger partial charge in [-0.25, -0.2) is 4.79 Å². The molecule has 3 aliphatic heterocycles. The standard InChI is InChI=1S/C31H36N6O2/c1-31(12-13-31)28-26(29(38)35-15-8-24(21-35)23-6-4-14-32-19-23)20-33-37(28)25-10-16-34(17-11-25)30(39)36-18-9-22-5-2-3-7-27(22)36/h2-7,14,19-20,24-25H,8-13,15-18,21H2,1H3. The molecule has 1 saturated carbocycles. The zero-order valence-electron chi connectivity index (χ0n) is 22.6. The van der Waals surface area contributed by atoms with E-state index in [4.69, 9.17) is 5.10 Å². The molecular weight excluding hydrogens is 488 g/mol. The van der Waals surface area contributed by atoms with Crippen LogP contribution in [0.25, 0.3) is 0 Å². The number of rotatable bonds is 4. The SMILES string of the molecule is CC1(c2c(C(=O)N3CCC(c4cccnc4)C3)cnn2C2CCN(C(=O)N3CCc4ccccc43)CC2)CC1. The highest BCUT2D eigenvalue weighted by Crippen LogP contribution is 2.50. The lowest BCUT2D eigenvalue weighted by molar-refractivity contribution is 0.0788. The van der Waals surface area contributed by atoms with Crippen LogP contribution in [0.4, 0.5) is 10.5 Å². The van der Waals surface area contributed by atoms with Crippen LogP contribution in [0.1, 0.15) is 78.2 Å². The second-order valence-corrected chi connectivity index (χ2v) is 12.0.